The highest BCUT2D eigenvalue weighted by Crippen LogP contribution is 2.58. The molecule has 19 heavy (non-hydrogen) atoms. The first-order valence-corrected chi connectivity index (χ1v) is 8.80. The van der Waals surface area contributed by atoms with Gasteiger partial charge in [-0.1, -0.05) is 0 Å². The highest BCUT2D eigenvalue weighted by atomic mass is 15.3. The highest BCUT2D eigenvalue weighted by molar-refractivity contribution is 5.09. The van der Waals surface area contributed by atoms with Gasteiger partial charge >= 0.3 is 0 Å². The van der Waals surface area contributed by atoms with Crippen LogP contribution in [0, 0.1) is 17.8 Å². The first-order chi connectivity index (χ1) is 9.29. The van der Waals surface area contributed by atoms with Gasteiger partial charge in [-0.15, -0.1) is 0 Å². The molecule has 2 nitrogen and oxygen atoms in total. The van der Waals surface area contributed by atoms with Crippen molar-refractivity contribution in [2.24, 2.45) is 17.8 Å². The molecule has 0 amide bonds. The maximum atomic E-state index is 3.87. The van der Waals surface area contributed by atoms with Crippen LogP contribution in [-0.2, 0) is 0 Å². The molecule has 0 spiro atoms. The van der Waals surface area contributed by atoms with Crippen molar-refractivity contribution in [2.75, 3.05) is 13.1 Å². The minimum absolute atomic E-state index is 0.661. The van der Waals surface area contributed by atoms with Crippen molar-refractivity contribution < 1.29 is 0 Å². The van der Waals surface area contributed by atoms with Crippen molar-refractivity contribution in [3.8, 4) is 0 Å². The van der Waals surface area contributed by atoms with E-state index in [1.54, 1.807) is 38.5 Å². The Balaban J connectivity index is 1.32. The van der Waals surface area contributed by atoms with E-state index < -0.39 is 0 Å². The van der Waals surface area contributed by atoms with Gasteiger partial charge in [-0.05, 0) is 75.5 Å². The maximum Gasteiger partial charge on any atom is 0.0218 e. The summed E-state index contributed by atoms with van der Waals surface area (Å²) in [4.78, 5) is 2.94. The summed E-state index contributed by atoms with van der Waals surface area (Å²) in [6, 6.07) is 1.71. The molecule has 1 N–H and O–H groups in total. The van der Waals surface area contributed by atoms with Crippen LogP contribution in [0.3, 0.4) is 0 Å². The normalized spacial score (nSPS) is 53.1. The topological polar surface area (TPSA) is 15.3 Å². The molecule has 1 unspecified atom stereocenters. The molecular formula is C17H28N2. The molecule has 1 heterocycles. The van der Waals surface area contributed by atoms with Gasteiger partial charge < -0.3 is 5.32 Å². The average molecular weight is 260 g/mol. The fourth-order valence-electron chi connectivity index (χ4n) is 6.36. The van der Waals surface area contributed by atoms with Gasteiger partial charge in [-0.25, -0.2) is 0 Å². The van der Waals surface area contributed by atoms with E-state index in [9.17, 15) is 0 Å². The second kappa shape index (κ2) is 3.98. The molecule has 6 aliphatic rings. The van der Waals surface area contributed by atoms with Crippen LogP contribution in [0.4, 0.5) is 0 Å². The van der Waals surface area contributed by atoms with E-state index in [2.05, 4.69) is 10.2 Å². The second-order valence-electron chi connectivity index (χ2n) is 8.51. The Bertz CT molecular complexity index is 338. The SMILES string of the molecule is C1C2CC3CC1CC(N1CCC(NC4CC4)C1)(C2)C3. The molecule has 0 aromatic carbocycles. The minimum Gasteiger partial charge on any atom is -0.310 e. The predicted octanol–water partition coefficient (Wildman–Crippen LogP) is 2.78. The molecule has 6 rings (SSSR count). The summed E-state index contributed by atoms with van der Waals surface area (Å²) in [5.41, 5.74) is 0.661. The van der Waals surface area contributed by atoms with Crippen LogP contribution >= 0.6 is 0 Å². The van der Waals surface area contributed by atoms with E-state index in [1.165, 1.54) is 32.4 Å². The summed E-state index contributed by atoms with van der Waals surface area (Å²) in [7, 11) is 0. The van der Waals surface area contributed by atoms with E-state index in [-0.39, 0.29) is 0 Å². The molecule has 0 aromatic heterocycles. The third-order valence-electron chi connectivity index (χ3n) is 6.91. The first-order valence-electron chi connectivity index (χ1n) is 8.80. The summed E-state index contributed by atoms with van der Waals surface area (Å²) >= 11 is 0. The van der Waals surface area contributed by atoms with E-state index in [4.69, 9.17) is 0 Å². The molecule has 1 aliphatic heterocycles. The number of nitrogens with one attached hydrogen (secondary N) is 1. The van der Waals surface area contributed by atoms with Gasteiger partial charge in [-0.3, -0.25) is 4.90 Å². The number of hydrogen-bond donors (Lipinski definition) is 1. The van der Waals surface area contributed by atoms with Crippen LogP contribution < -0.4 is 5.32 Å². The van der Waals surface area contributed by atoms with Gasteiger partial charge in [-0.2, -0.15) is 0 Å². The Morgan fingerprint density at radius 3 is 2.00 bits per heavy atom. The van der Waals surface area contributed by atoms with Crippen molar-refractivity contribution >= 4 is 0 Å². The first kappa shape index (κ1) is 11.6. The van der Waals surface area contributed by atoms with Gasteiger partial charge in [0.25, 0.3) is 0 Å². The lowest BCUT2D eigenvalue weighted by Crippen LogP contribution is -2.59. The smallest absolute Gasteiger partial charge is 0.0218 e. The molecule has 106 valence electrons. The quantitative estimate of drug-likeness (QED) is 0.839. The van der Waals surface area contributed by atoms with Crippen LogP contribution in [0.1, 0.15) is 57.8 Å². The van der Waals surface area contributed by atoms with Gasteiger partial charge in [0.2, 0.25) is 0 Å². The lowest BCUT2D eigenvalue weighted by molar-refractivity contribution is -0.0808. The number of nitrogens with zero attached hydrogens (tertiary/aromatic N) is 1. The molecule has 1 atom stereocenters. The Hall–Kier alpha value is -0.0800. The third-order valence-corrected chi connectivity index (χ3v) is 6.91. The molecule has 5 saturated carbocycles. The van der Waals surface area contributed by atoms with Crippen LogP contribution in [0.25, 0.3) is 0 Å². The number of hydrogen-bond acceptors (Lipinski definition) is 2. The summed E-state index contributed by atoms with van der Waals surface area (Å²) in [5.74, 6) is 3.30. The van der Waals surface area contributed by atoms with Gasteiger partial charge in [0.05, 0.1) is 0 Å². The van der Waals surface area contributed by atoms with Crippen molar-refractivity contribution in [1.29, 1.82) is 0 Å². The van der Waals surface area contributed by atoms with Gasteiger partial charge in [0.15, 0.2) is 0 Å². The Morgan fingerprint density at radius 1 is 0.789 bits per heavy atom. The summed E-state index contributed by atoms with van der Waals surface area (Å²) in [5, 5.41) is 3.87. The lowest BCUT2D eigenvalue weighted by atomic mass is 9.52. The zero-order valence-corrected chi connectivity index (χ0v) is 12.1. The molecule has 0 radical (unpaired) electrons. The second-order valence-corrected chi connectivity index (χ2v) is 8.51. The zero-order chi connectivity index (χ0) is 12.4. The standard InChI is InChI=1S/C17H28N2/c1-2-15(1)18-16-3-4-19(11-16)17-8-12-5-13(9-17)7-14(6-12)10-17/h12-16,18H,1-11H2. The molecule has 4 bridgehead atoms. The molecule has 6 fully saturated rings. The molecule has 0 aromatic rings. The van der Waals surface area contributed by atoms with E-state index >= 15 is 0 Å². The van der Waals surface area contributed by atoms with Crippen molar-refractivity contribution in [1.82, 2.24) is 10.2 Å². The zero-order valence-electron chi connectivity index (χ0n) is 12.1. The number of rotatable bonds is 3. The van der Waals surface area contributed by atoms with Crippen molar-refractivity contribution in [2.45, 2.75) is 75.4 Å². The molecule has 5 aliphatic carbocycles. The van der Waals surface area contributed by atoms with E-state index in [0.29, 0.717) is 5.54 Å². The van der Waals surface area contributed by atoms with Crippen LogP contribution in [0.5, 0.6) is 0 Å². The van der Waals surface area contributed by atoms with Crippen LogP contribution in [-0.4, -0.2) is 35.6 Å². The molecular weight excluding hydrogens is 232 g/mol. The average Bonchev–Trinajstić information content (AvgIpc) is 3.02. The largest absolute Gasteiger partial charge is 0.310 e. The summed E-state index contributed by atoms with van der Waals surface area (Å²) in [6.07, 6.45) is 13.7. The van der Waals surface area contributed by atoms with Crippen LogP contribution in [0.15, 0.2) is 0 Å². The fourth-order valence-corrected chi connectivity index (χ4v) is 6.36. The minimum atomic E-state index is 0.661. The Kier molecular flexibility index (Phi) is 2.42. The van der Waals surface area contributed by atoms with Crippen molar-refractivity contribution in [3.63, 3.8) is 0 Å². The van der Waals surface area contributed by atoms with Gasteiger partial charge in [0.1, 0.15) is 0 Å². The summed E-state index contributed by atoms with van der Waals surface area (Å²) in [6.45, 7) is 2.75. The third kappa shape index (κ3) is 1.90. The van der Waals surface area contributed by atoms with Crippen LogP contribution in [0.2, 0.25) is 0 Å². The molecule has 2 heteroatoms. The Labute approximate surface area is 117 Å². The van der Waals surface area contributed by atoms with E-state index in [0.717, 1.165) is 29.8 Å². The monoisotopic (exact) mass is 260 g/mol. The van der Waals surface area contributed by atoms with E-state index in [1.807, 2.05) is 0 Å². The predicted molar refractivity (Wildman–Crippen MR) is 77.0 cm³/mol. The fraction of sp³-hybridized carbons (Fsp3) is 1.00. The lowest BCUT2D eigenvalue weighted by Gasteiger charge is -2.60. The van der Waals surface area contributed by atoms with Gasteiger partial charge in [0, 0.05) is 30.7 Å². The molecule has 1 saturated heterocycles. The Morgan fingerprint density at radius 2 is 1.42 bits per heavy atom. The number of likely N-dealkylation sites (tertiary alicyclic amines) is 1. The maximum absolute atomic E-state index is 3.87. The van der Waals surface area contributed by atoms with Crippen molar-refractivity contribution in [3.05, 3.63) is 0 Å². The summed E-state index contributed by atoms with van der Waals surface area (Å²) < 4.78 is 0. The highest BCUT2D eigenvalue weighted by Gasteiger charge is 2.54.